The lowest BCUT2D eigenvalue weighted by atomic mass is 10.2. The smallest absolute Gasteiger partial charge is 0.258 e. The van der Waals surface area contributed by atoms with E-state index in [1.54, 1.807) is 12.1 Å². The molecular weight excluding hydrogens is 394 g/mol. The number of aromatic nitrogens is 3. The summed E-state index contributed by atoms with van der Waals surface area (Å²) in [5.41, 5.74) is 1.43. The van der Waals surface area contributed by atoms with E-state index in [1.165, 1.54) is 23.0 Å². The number of nitrogens with zero attached hydrogens (tertiary/aromatic N) is 4. The van der Waals surface area contributed by atoms with Crippen LogP contribution in [0, 0.1) is 14.9 Å². The largest absolute Gasteiger partial charge is 0.270 e. The van der Waals surface area contributed by atoms with E-state index >= 15 is 0 Å². The maximum Gasteiger partial charge on any atom is 0.270 e. The van der Waals surface area contributed by atoms with Crippen LogP contribution in [-0.2, 0) is 0 Å². The van der Waals surface area contributed by atoms with Gasteiger partial charge in [0.15, 0.2) is 5.82 Å². The summed E-state index contributed by atoms with van der Waals surface area (Å²) in [6.45, 7) is 0. The number of halogens is 1. The average Bonchev–Trinajstić information content (AvgIpc) is 2.95. The van der Waals surface area contributed by atoms with Gasteiger partial charge in [-0.15, -0.1) is 0 Å². The van der Waals surface area contributed by atoms with Gasteiger partial charge in [-0.1, -0.05) is 40.2 Å². The zero-order valence-electron chi connectivity index (χ0n) is 12.1. The minimum Gasteiger partial charge on any atom is -0.258 e. The first kappa shape index (κ1) is 16.2. The fourth-order valence-corrected chi connectivity index (χ4v) is 2.47. The van der Waals surface area contributed by atoms with E-state index in [4.69, 9.17) is 12.2 Å². The topological polar surface area (TPSA) is 89.1 Å². The van der Waals surface area contributed by atoms with Gasteiger partial charge in [-0.05, 0) is 24.4 Å². The molecule has 0 unspecified atom stereocenters. The first-order valence-corrected chi connectivity index (χ1v) is 7.97. The van der Waals surface area contributed by atoms with E-state index < -0.39 is 4.92 Å². The van der Waals surface area contributed by atoms with Crippen LogP contribution in [0.4, 0.5) is 5.69 Å². The summed E-state index contributed by atoms with van der Waals surface area (Å²) in [7, 11) is 0. The van der Waals surface area contributed by atoms with Crippen molar-refractivity contribution in [3.8, 4) is 11.4 Å². The van der Waals surface area contributed by atoms with Crippen LogP contribution in [0.25, 0.3) is 11.4 Å². The SMILES string of the molecule is O=[N+]([O-])c1cccc(/C=N\n2c(-c3ccc(Br)cc3)n[nH]c2=S)c1. The summed E-state index contributed by atoms with van der Waals surface area (Å²) in [5, 5.41) is 22.0. The molecule has 24 heavy (non-hydrogen) atoms. The van der Waals surface area contributed by atoms with Crippen LogP contribution in [0.15, 0.2) is 58.1 Å². The molecule has 0 radical (unpaired) electrons. The number of non-ortho nitro benzene ring substituents is 1. The van der Waals surface area contributed by atoms with E-state index in [2.05, 4.69) is 31.2 Å². The molecule has 0 bridgehead atoms. The zero-order chi connectivity index (χ0) is 17.1. The number of benzene rings is 2. The monoisotopic (exact) mass is 403 g/mol. The first-order valence-electron chi connectivity index (χ1n) is 6.77. The summed E-state index contributed by atoms with van der Waals surface area (Å²) in [5.74, 6) is 0.550. The summed E-state index contributed by atoms with van der Waals surface area (Å²) in [6.07, 6.45) is 1.50. The van der Waals surface area contributed by atoms with Gasteiger partial charge in [-0.25, -0.2) is 5.10 Å². The highest BCUT2D eigenvalue weighted by atomic mass is 79.9. The molecule has 0 saturated heterocycles. The third-order valence-electron chi connectivity index (χ3n) is 3.16. The average molecular weight is 404 g/mol. The van der Waals surface area contributed by atoms with Gasteiger partial charge in [-0.3, -0.25) is 10.1 Å². The molecular formula is C15H10BrN5O2S. The second-order valence-corrected chi connectivity index (χ2v) is 6.07. The minimum atomic E-state index is -0.450. The van der Waals surface area contributed by atoms with Crippen molar-refractivity contribution >= 4 is 40.0 Å². The van der Waals surface area contributed by atoms with Crippen LogP contribution in [0.3, 0.4) is 0 Å². The van der Waals surface area contributed by atoms with Crippen LogP contribution >= 0.6 is 28.1 Å². The molecule has 2 aromatic carbocycles. The summed E-state index contributed by atoms with van der Waals surface area (Å²) in [6, 6.07) is 13.7. The highest BCUT2D eigenvalue weighted by Gasteiger charge is 2.08. The van der Waals surface area contributed by atoms with Crippen molar-refractivity contribution in [2.75, 3.05) is 0 Å². The van der Waals surface area contributed by atoms with E-state index in [1.807, 2.05) is 24.3 Å². The molecule has 1 heterocycles. The van der Waals surface area contributed by atoms with E-state index in [0.29, 0.717) is 16.2 Å². The Balaban J connectivity index is 1.97. The fraction of sp³-hybridized carbons (Fsp3) is 0. The maximum absolute atomic E-state index is 10.8. The van der Waals surface area contributed by atoms with Crippen LogP contribution in [0.2, 0.25) is 0 Å². The maximum atomic E-state index is 10.8. The molecule has 3 rings (SSSR count). The molecule has 7 nitrogen and oxygen atoms in total. The molecule has 1 N–H and O–H groups in total. The Morgan fingerprint density at radius 3 is 2.75 bits per heavy atom. The first-order chi connectivity index (χ1) is 11.5. The van der Waals surface area contributed by atoms with Crippen LogP contribution in [-0.4, -0.2) is 26.0 Å². The fourth-order valence-electron chi connectivity index (χ4n) is 2.03. The van der Waals surface area contributed by atoms with E-state index in [-0.39, 0.29) is 5.69 Å². The van der Waals surface area contributed by atoms with Gasteiger partial charge in [0.05, 0.1) is 11.1 Å². The van der Waals surface area contributed by atoms with Crippen molar-refractivity contribution in [3.05, 3.63) is 73.5 Å². The van der Waals surface area contributed by atoms with Gasteiger partial charge in [0.25, 0.3) is 5.69 Å². The van der Waals surface area contributed by atoms with Gasteiger partial charge >= 0.3 is 0 Å². The second kappa shape index (κ2) is 6.85. The molecule has 0 aliphatic carbocycles. The Labute approximate surface area is 149 Å². The number of aromatic amines is 1. The van der Waals surface area contributed by atoms with E-state index in [0.717, 1.165) is 10.0 Å². The number of nitro groups is 1. The number of H-pyrrole nitrogens is 1. The quantitative estimate of drug-likeness (QED) is 0.306. The van der Waals surface area contributed by atoms with Crippen molar-refractivity contribution < 1.29 is 4.92 Å². The van der Waals surface area contributed by atoms with Crippen molar-refractivity contribution in [2.24, 2.45) is 5.10 Å². The second-order valence-electron chi connectivity index (χ2n) is 4.77. The number of rotatable bonds is 4. The highest BCUT2D eigenvalue weighted by molar-refractivity contribution is 9.10. The predicted molar refractivity (Wildman–Crippen MR) is 96.6 cm³/mol. The molecule has 120 valence electrons. The van der Waals surface area contributed by atoms with Crippen LogP contribution in [0.1, 0.15) is 5.56 Å². The Hall–Kier alpha value is -2.65. The standard InChI is InChI=1S/C15H10BrN5O2S/c16-12-6-4-11(5-7-12)14-18-19-15(24)20(14)17-9-10-2-1-3-13(8-10)21(22)23/h1-9H,(H,19,24)/b17-9-. The number of nitro benzene ring substituents is 1. The Bertz CT molecular complexity index is 978. The lowest BCUT2D eigenvalue weighted by Crippen LogP contribution is -1.95. The van der Waals surface area contributed by atoms with Gasteiger partial charge in [0, 0.05) is 27.7 Å². The molecule has 0 amide bonds. The summed E-state index contributed by atoms with van der Waals surface area (Å²) < 4.78 is 2.75. The van der Waals surface area contributed by atoms with Crippen molar-refractivity contribution in [1.29, 1.82) is 0 Å². The Morgan fingerprint density at radius 1 is 1.29 bits per heavy atom. The van der Waals surface area contributed by atoms with Gasteiger partial charge in [0.2, 0.25) is 4.77 Å². The molecule has 0 fully saturated rings. The lowest BCUT2D eigenvalue weighted by Gasteiger charge is -2.01. The number of nitrogens with one attached hydrogen (secondary N) is 1. The van der Waals surface area contributed by atoms with Crippen LogP contribution < -0.4 is 0 Å². The normalized spacial score (nSPS) is 11.0. The van der Waals surface area contributed by atoms with Gasteiger partial charge in [-0.2, -0.15) is 14.9 Å². The summed E-state index contributed by atoms with van der Waals surface area (Å²) in [4.78, 5) is 10.4. The van der Waals surface area contributed by atoms with Crippen LogP contribution in [0.5, 0.6) is 0 Å². The molecule has 0 aliphatic heterocycles. The highest BCUT2D eigenvalue weighted by Crippen LogP contribution is 2.20. The van der Waals surface area contributed by atoms with Gasteiger partial charge in [0.1, 0.15) is 0 Å². The molecule has 3 aromatic rings. The molecule has 0 aliphatic rings. The zero-order valence-corrected chi connectivity index (χ0v) is 14.5. The lowest BCUT2D eigenvalue weighted by molar-refractivity contribution is -0.384. The number of hydrogen-bond donors (Lipinski definition) is 1. The molecule has 0 saturated carbocycles. The number of hydrogen-bond acceptors (Lipinski definition) is 5. The molecule has 1 aromatic heterocycles. The minimum absolute atomic E-state index is 0.00266. The summed E-state index contributed by atoms with van der Waals surface area (Å²) >= 11 is 8.58. The van der Waals surface area contributed by atoms with Crippen molar-refractivity contribution in [3.63, 3.8) is 0 Å². The predicted octanol–water partition coefficient (Wildman–Crippen LogP) is 4.16. The van der Waals surface area contributed by atoms with Crippen molar-refractivity contribution in [2.45, 2.75) is 0 Å². The molecule has 0 spiro atoms. The molecule has 0 atom stereocenters. The van der Waals surface area contributed by atoms with E-state index in [9.17, 15) is 10.1 Å². The third-order valence-corrected chi connectivity index (χ3v) is 3.95. The van der Waals surface area contributed by atoms with Crippen molar-refractivity contribution in [1.82, 2.24) is 14.9 Å². The van der Waals surface area contributed by atoms with Gasteiger partial charge < -0.3 is 0 Å². The Morgan fingerprint density at radius 2 is 2.04 bits per heavy atom. The molecule has 9 heteroatoms. The Kier molecular flexibility index (Phi) is 4.63. The third kappa shape index (κ3) is 3.47.